The van der Waals surface area contributed by atoms with Crippen molar-refractivity contribution in [3.8, 4) is 11.3 Å². The van der Waals surface area contributed by atoms with Gasteiger partial charge in [-0.05, 0) is 0 Å². The molecule has 2 aromatic heterocycles. The Morgan fingerprint density at radius 2 is 1.87 bits per heavy atom. The van der Waals surface area contributed by atoms with E-state index < -0.39 is 11.4 Å². The highest BCUT2D eigenvalue weighted by Crippen LogP contribution is 2.16. The molecule has 23 heavy (non-hydrogen) atoms. The Morgan fingerprint density at radius 3 is 2.57 bits per heavy atom. The smallest absolute Gasteiger partial charge is 0.303 e. The molecule has 0 saturated heterocycles. The van der Waals surface area contributed by atoms with Crippen LogP contribution in [0.1, 0.15) is 12.8 Å². The number of aromatic nitrogens is 3. The van der Waals surface area contributed by atoms with E-state index in [1.807, 2.05) is 30.3 Å². The molecule has 7 nitrogen and oxygen atoms in total. The molecule has 0 aliphatic carbocycles. The van der Waals surface area contributed by atoms with Crippen LogP contribution in [0.3, 0.4) is 0 Å². The minimum Gasteiger partial charge on any atom is -0.511 e. The zero-order valence-electron chi connectivity index (χ0n) is 12.0. The maximum absolute atomic E-state index is 12.4. The van der Waals surface area contributed by atoms with Crippen LogP contribution in [-0.4, -0.2) is 30.8 Å². The van der Waals surface area contributed by atoms with Crippen LogP contribution in [0.5, 0.6) is 0 Å². The zero-order valence-corrected chi connectivity index (χ0v) is 12.0. The third kappa shape index (κ3) is 2.76. The summed E-state index contributed by atoms with van der Waals surface area (Å²) in [5.41, 5.74) is 1.13. The minimum atomic E-state index is -1.05. The monoisotopic (exact) mass is 311 g/mol. The highest BCUT2D eigenvalue weighted by atomic mass is 16.4. The number of hydrogen-bond acceptors (Lipinski definition) is 5. The van der Waals surface area contributed by atoms with Gasteiger partial charge >= 0.3 is 5.97 Å². The number of rotatable bonds is 4. The van der Waals surface area contributed by atoms with Crippen LogP contribution in [0.25, 0.3) is 22.7 Å². The van der Waals surface area contributed by atoms with Crippen LogP contribution < -0.4 is 10.6 Å². The molecule has 0 aliphatic heterocycles. The number of carbonyl (C=O) groups is 1. The Hall–Kier alpha value is -3.22. The van der Waals surface area contributed by atoms with Crippen molar-refractivity contribution in [3.63, 3.8) is 0 Å². The molecule has 2 N–H and O–H groups in total. The topological polar surface area (TPSA) is 105 Å². The number of aliphatic carboxylic acids is 1. The predicted molar refractivity (Wildman–Crippen MR) is 82.8 cm³/mol. The molecule has 0 bridgehead atoms. The van der Waals surface area contributed by atoms with E-state index in [0.717, 1.165) is 5.56 Å². The van der Waals surface area contributed by atoms with E-state index >= 15 is 0 Å². The fraction of sp³-hybridized carbons (Fsp3) is 0.125. The van der Waals surface area contributed by atoms with Crippen LogP contribution in [0.4, 0.5) is 0 Å². The standard InChI is InChI=1S/C16H13N3O4/c20-12(6-7-14(22)23)15-13(21)8-11(10-4-2-1-3-5-10)19-16(15)17-9-18-19/h1-5,8-9,20H,6-7H2,(H,22,23). The van der Waals surface area contributed by atoms with Crippen molar-refractivity contribution < 1.29 is 15.0 Å². The van der Waals surface area contributed by atoms with Gasteiger partial charge < -0.3 is 10.2 Å². The summed E-state index contributed by atoms with van der Waals surface area (Å²) in [6.07, 6.45) is 0.874. The second kappa shape index (κ2) is 5.88. The predicted octanol–water partition coefficient (Wildman–Crippen LogP) is 1.01. The Morgan fingerprint density at radius 1 is 1.13 bits per heavy atom. The number of aliphatic hydroxyl groups is 1. The van der Waals surface area contributed by atoms with Crippen molar-refractivity contribution in [3.05, 3.63) is 58.2 Å². The lowest BCUT2D eigenvalue weighted by Gasteiger charge is -2.05. The molecular weight excluding hydrogens is 298 g/mol. The average molecular weight is 311 g/mol. The molecule has 0 saturated carbocycles. The molecule has 0 atom stereocenters. The second-order valence-electron chi connectivity index (χ2n) is 4.97. The number of nitrogens with zero attached hydrogens (tertiary/aromatic N) is 3. The third-order valence-corrected chi connectivity index (χ3v) is 3.45. The highest BCUT2D eigenvalue weighted by Gasteiger charge is 2.13. The van der Waals surface area contributed by atoms with Gasteiger partial charge in [0.25, 0.3) is 0 Å². The lowest BCUT2D eigenvalue weighted by Crippen LogP contribution is -2.30. The zero-order chi connectivity index (χ0) is 16.4. The quantitative estimate of drug-likeness (QED) is 0.745. The summed E-state index contributed by atoms with van der Waals surface area (Å²) in [4.78, 5) is 27.1. The summed E-state index contributed by atoms with van der Waals surface area (Å²) in [7, 11) is 0. The van der Waals surface area contributed by atoms with E-state index in [1.54, 1.807) is 0 Å². The lowest BCUT2D eigenvalue weighted by atomic mass is 10.1. The van der Waals surface area contributed by atoms with Gasteiger partial charge in [0.1, 0.15) is 17.3 Å². The van der Waals surface area contributed by atoms with Crippen LogP contribution >= 0.6 is 0 Å². The van der Waals surface area contributed by atoms with Gasteiger partial charge in [0.05, 0.1) is 12.1 Å². The van der Waals surface area contributed by atoms with Crippen molar-refractivity contribution in [2.75, 3.05) is 0 Å². The van der Waals surface area contributed by atoms with Crippen LogP contribution in [-0.2, 0) is 4.79 Å². The van der Waals surface area contributed by atoms with E-state index in [-0.39, 0.29) is 29.5 Å². The van der Waals surface area contributed by atoms with Gasteiger partial charge in [0, 0.05) is 18.1 Å². The molecule has 0 fully saturated rings. The van der Waals surface area contributed by atoms with Gasteiger partial charge in [-0.25, -0.2) is 9.50 Å². The number of aliphatic hydroxyl groups excluding tert-OH is 1. The molecule has 0 amide bonds. The summed E-state index contributed by atoms with van der Waals surface area (Å²) >= 11 is 0. The van der Waals surface area contributed by atoms with Gasteiger partial charge in [-0.3, -0.25) is 9.59 Å². The normalized spacial score (nSPS) is 12.3. The molecule has 3 rings (SSSR count). The number of pyridine rings is 1. The molecule has 0 spiro atoms. The molecular formula is C16H13N3O4. The first kappa shape index (κ1) is 14.7. The first-order valence-electron chi connectivity index (χ1n) is 6.94. The molecule has 7 heteroatoms. The summed E-state index contributed by atoms with van der Waals surface area (Å²) in [6, 6.07) is 10.6. The van der Waals surface area contributed by atoms with Gasteiger partial charge in [-0.2, -0.15) is 5.10 Å². The van der Waals surface area contributed by atoms with E-state index in [4.69, 9.17) is 5.11 Å². The maximum Gasteiger partial charge on any atom is 0.303 e. The molecule has 0 unspecified atom stereocenters. The van der Waals surface area contributed by atoms with E-state index in [1.165, 1.54) is 16.9 Å². The number of benzene rings is 1. The lowest BCUT2D eigenvalue weighted by molar-refractivity contribution is -0.136. The van der Waals surface area contributed by atoms with Crippen molar-refractivity contribution in [2.45, 2.75) is 12.8 Å². The number of carboxylic acids is 1. The number of carboxylic acid groups (broad SMARTS) is 1. The Labute approximate surface area is 130 Å². The summed E-state index contributed by atoms with van der Waals surface area (Å²) in [5.74, 6) is -1.35. The van der Waals surface area contributed by atoms with Crippen molar-refractivity contribution in [2.24, 2.45) is 0 Å². The van der Waals surface area contributed by atoms with E-state index in [2.05, 4.69) is 10.1 Å². The van der Waals surface area contributed by atoms with Gasteiger partial charge in [-0.1, -0.05) is 30.3 Å². The first-order valence-corrected chi connectivity index (χ1v) is 6.94. The van der Waals surface area contributed by atoms with E-state index in [9.17, 15) is 14.7 Å². The van der Waals surface area contributed by atoms with E-state index in [0.29, 0.717) is 5.69 Å². The molecule has 116 valence electrons. The van der Waals surface area contributed by atoms with Gasteiger partial charge in [0.2, 0.25) is 0 Å². The van der Waals surface area contributed by atoms with Crippen LogP contribution in [0.15, 0.2) is 47.5 Å². The minimum absolute atomic E-state index is 0.0107. The Kier molecular flexibility index (Phi) is 3.76. The van der Waals surface area contributed by atoms with Crippen molar-refractivity contribution >= 4 is 17.4 Å². The summed E-state index contributed by atoms with van der Waals surface area (Å²) in [6.45, 7) is 0. The maximum atomic E-state index is 12.4. The number of hydrogen-bond donors (Lipinski definition) is 2. The first-order chi connectivity index (χ1) is 11.1. The highest BCUT2D eigenvalue weighted by molar-refractivity contribution is 5.69. The van der Waals surface area contributed by atoms with Crippen LogP contribution in [0.2, 0.25) is 0 Å². The fourth-order valence-electron chi connectivity index (χ4n) is 2.39. The molecule has 0 aliphatic rings. The SMILES string of the molecule is O=C(O)CCC(O)=c1c(=O)cc(-c2ccccc2)n2ncnc12. The van der Waals surface area contributed by atoms with Gasteiger partial charge in [0.15, 0.2) is 11.1 Å². The summed E-state index contributed by atoms with van der Waals surface area (Å²) in [5, 5.41) is 22.9. The largest absolute Gasteiger partial charge is 0.511 e. The van der Waals surface area contributed by atoms with Crippen molar-refractivity contribution in [1.82, 2.24) is 14.6 Å². The molecule has 2 heterocycles. The van der Waals surface area contributed by atoms with Crippen LogP contribution in [0, 0.1) is 0 Å². The fourth-order valence-corrected chi connectivity index (χ4v) is 2.39. The summed E-state index contributed by atoms with van der Waals surface area (Å²) < 4.78 is 1.46. The molecule has 0 radical (unpaired) electrons. The Balaban J connectivity index is 2.26. The number of fused-ring (bicyclic) bond motifs is 1. The molecule has 3 aromatic rings. The molecule has 1 aromatic carbocycles. The Bertz CT molecular complexity index is 980. The van der Waals surface area contributed by atoms with Crippen molar-refractivity contribution in [1.29, 1.82) is 0 Å². The third-order valence-electron chi connectivity index (χ3n) is 3.45. The second-order valence-corrected chi connectivity index (χ2v) is 4.97. The average Bonchev–Trinajstić information content (AvgIpc) is 3.01. The van der Waals surface area contributed by atoms with Gasteiger partial charge in [-0.15, -0.1) is 0 Å².